The molecular formula is C36H30O6. The maximum atomic E-state index is 13.2. The maximum Gasteiger partial charge on any atom is 0.339 e. The maximum absolute atomic E-state index is 13.2. The summed E-state index contributed by atoms with van der Waals surface area (Å²) < 4.78 is 16.4. The Hall–Kier alpha value is -5.49. The molecule has 0 aromatic heterocycles. The summed E-state index contributed by atoms with van der Waals surface area (Å²) in [5.41, 5.74) is 5.08. The van der Waals surface area contributed by atoms with Crippen molar-refractivity contribution >= 4 is 36.1 Å². The molecule has 4 rings (SSSR count). The van der Waals surface area contributed by atoms with Crippen molar-refractivity contribution in [2.75, 3.05) is 0 Å². The van der Waals surface area contributed by atoms with Crippen molar-refractivity contribution in [2.24, 2.45) is 0 Å². The van der Waals surface area contributed by atoms with Gasteiger partial charge in [0.05, 0.1) is 16.7 Å². The Kier molecular flexibility index (Phi) is 9.99. The Morgan fingerprint density at radius 3 is 1.21 bits per heavy atom. The average molecular weight is 559 g/mol. The van der Waals surface area contributed by atoms with Gasteiger partial charge in [0, 0.05) is 0 Å². The Bertz CT molecular complexity index is 1600. The summed E-state index contributed by atoms with van der Waals surface area (Å²) in [5.74, 6) is -2.16. The molecule has 0 aliphatic rings. The molecule has 4 aromatic rings. The molecule has 6 nitrogen and oxygen atoms in total. The van der Waals surface area contributed by atoms with Crippen molar-refractivity contribution < 1.29 is 28.6 Å². The van der Waals surface area contributed by atoms with Crippen molar-refractivity contribution in [1.82, 2.24) is 0 Å². The molecule has 0 fully saturated rings. The van der Waals surface area contributed by atoms with Crippen LogP contribution in [0.3, 0.4) is 0 Å². The van der Waals surface area contributed by atoms with Gasteiger partial charge in [-0.1, -0.05) is 111 Å². The summed E-state index contributed by atoms with van der Waals surface area (Å²) in [6, 6.07) is 26.2. The van der Waals surface area contributed by atoms with Crippen LogP contribution in [0, 0.1) is 0 Å². The second-order valence-corrected chi connectivity index (χ2v) is 9.33. The van der Waals surface area contributed by atoms with E-state index in [1.807, 2.05) is 72.8 Å². The summed E-state index contributed by atoms with van der Waals surface area (Å²) in [4.78, 5) is 39.2. The lowest BCUT2D eigenvalue weighted by Crippen LogP contribution is -2.16. The van der Waals surface area contributed by atoms with Crippen LogP contribution in [0.25, 0.3) is 18.2 Å². The number of hydrogen-bond acceptors (Lipinski definition) is 6. The van der Waals surface area contributed by atoms with Gasteiger partial charge < -0.3 is 14.2 Å². The number of rotatable bonds is 12. The van der Waals surface area contributed by atoms with Crippen molar-refractivity contribution in [3.63, 3.8) is 0 Å². The molecule has 4 aromatic carbocycles. The highest BCUT2D eigenvalue weighted by atomic mass is 16.5. The molecule has 0 saturated heterocycles. The van der Waals surface area contributed by atoms with Gasteiger partial charge in [0.2, 0.25) is 0 Å². The van der Waals surface area contributed by atoms with Crippen molar-refractivity contribution in [2.45, 2.75) is 19.8 Å². The van der Waals surface area contributed by atoms with Crippen LogP contribution in [-0.2, 0) is 34.0 Å². The standard InChI is InChI=1S/C36H30O6/c1-4-25-7-13-28(14-8-25)22-40-34(37)31-19-20-32(35(38)41-23-29-15-9-26(5-2)10-16-29)33(21-31)36(39)42-24-30-17-11-27(6-3)12-18-30/h4-21H,1-3,22-24H2. The fourth-order valence-electron chi connectivity index (χ4n) is 3.95. The second kappa shape index (κ2) is 14.2. The van der Waals surface area contributed by atoms with Crippen LogP contribution in [-0.4, -0.2) is 17.9 Å². The molecule has 0 N–H and O–H groups in total. The van der Waals surface area contributed by atoms with E-state index < -0.39 is 17.9 Å². The SMILES string of the molecule is C=Cc1ccc(COC(=O)c2ccc(C(=O)OCc3ccc(C=C)cc3)c(C(=O)OCc3ccc(C=C)cc3)c2)cc1. The molecule has 0 bridgehead atoms. The molecule has 210 valence electrons. The molecule has 0 aliphatic heterocycles. The topological polar surface area (TPSA) is 78.9 Å². The summed E-state index contributed by atoms with van der Waals surface area (Å²) in [7, 11) is 0. The zero-order valence-electron chi connectivity index (χ0n) is 23.1. The van der Waals surface area contributed by atoms with E-state index in [-0.39, 0.29) is 36.5 Å². The Balaban J connectivity index is 1.52. The highest BCUT2D eigenvalue weighted by Gasteiger charge is 2.23. The predicted molar refractivity (Wildman–Crippen MR) is 163 cm³/mol. The fourth-order valence-corrected chi connectivity index (χ4v) is 3.95. The third-order valence-corrected chi connectivity index (χ3v) is 6.45. The first-order valence-corrected chi connectivity index (χ1v) is 13.2. The number of hydrogen-bond donors (Lipinski definition) is 0. The van der Waals surface area contributed by atoms with Crippen LogP contribution in [0.2, 0.25) is 0 Å². The highest BCUT2D eigenvalue weighted by Crippen LogP contribution is 2.19. The first-order valence-electron chi connectivity index (χ1n) is 13.2. The molecule has 0 amide bonds. The largest absolute Gasteiger partial charge is 0.457 e. The zero-order chi connectivity index (χ0) is 29.9. The van der Waals surface area contributed by atoms with E-state index in [0.717, 1.165) is 33.4 Å². The van der Waals surface area contributed by atoms with E-state index in [0.29, 0.717) is 0 Å². The number of ether oxygens (including phenoxy) is 3. The monoisotopic (exact) mass is 558 g/mol. The third kappa shape index (κ3) is 7.79. The van der Waals surface area contributed by atoms with Crippen LogP contribution >= 0.6 is 0 Å². The van der Waals surface area contributed by atoms with E-state index in [4.69, 9.17) is 14.2 Å². The Morgan fingerprint density at radius 1 is 0.476 bits per heavy atom. The molecule has 0 radical (unpaired) electrons. The van der Waals surface area contributed by atoms with Gasteiger partial charge in [-0.25, -0.2) is 14.4 Å². The number of benzene rings is 4. The van der Waals surface area contributed by atoms with Crippen LogP contribution in [0.5, 0.6) is 0 Å². The van der Waals surface area contributed by atoms with E-state index in [2.05, 4.69) is 19.7 Å². The van der Waals surface area contributed by atoms with Crippen LogP contribution in [0.4, 0.5) is 0 Å². The summed E-state index contributed by atoms with van der Waals surface area (Å²) >= 11 is 0. The summed E-state index contributed by atoms with van der Waals surface area (Å²) in [6.45, 7) is 11.2. The molecule has 0 atom stereocenters. The smallest absolute Gasteiger partial charge is 0.339 e. The predicted octanol–water partition coefficient (Wildman–Crippen LogP) is 7.69. The van der Waals surface area contributed by atoms with Crippen molar-refractivity contribution in [1.29, 1.82) is 0 Å². The molecule has 0 saturated carbocycles. The minimum atomic E-state index is -0.778. The van der Waals surface area contributed by atoms with E-state index >= 15 is 0 Å². The Labute approximate surface area is 245 Å². The van der Waals surface area contributed by atoms with Gasteiger partial charge >= 0.3 is 17.9 Å². The minimum Gasteiger partial charge on any atom is -0.457 e. The second-order valence-electron chi connectivity index (χ2n) is 9.33. The molecule has 0 spiro atoms. The first kappa shape index (κ1) is 29.5. The molecule has 0 unspecified atom stereocenters. The van der Waals surface area contributed by atoms with Gasteiger partial charge in [-0.05, 0) is 51.6 Å². The molecule has 6 heteroatoms. The zero-order valence-corrected chi connectivity index (χ0v) is 23.1. The molecular weight excluding hydrogens is 528 g/mol. The van der Waals surface area contributed by atoms with E-state index in [1.165, 1.54) is 18.2 Å². The minimum absolute atomic E-state index is 0.00513. The average Bonchev–Trinajstić information content (AvgIpc) is 3.05. The lowest BCUT2D eigenvalue weighted by Gasteiger charge is -2.12. The molecule has 0 heterocycles. The fraction of sp³-hybridized carbons (Fsp3) is 0.0833. The summed E-state index contributed by atoms with van der Waals surface area (Å²) in [6.07, 6.45) is 5.15. The quantitative estimate of drug-likeness (QED) is 0.131. The van der Waals surface area contributed by atoms with Gasteiger partial charge in [0.1, 0.15) is 19.8 Å². The molecule has 0 aliphatic carbocycles. The van der Waals surface area contributed by atoms with E-state index in [1.54, 1.807) is 18.2 Å². The normalized spacial score (nSPS) is 10.3. The van der Waals surface area contributed by atoms with Crippen LogP contribution in [0.15, 0.2) is 111 Å². The summed E-state index contributed by atoms with van der Waals surface area (Å²) in [5, 5.41) is 0. The van der Waals surface area contributed by atoms with Gasteiger partial charge in [-0.3, -0.25) is 0 Å². The number of carbonyl (C=O) groups is 3. The number of esters is 3. The van der Waals surface area contributed by atoms with Crippen molar-refractivity contribution in [3.8, 4) is 0 Å². The van der Waals surface area contributed by atoms with Gasteiger partial charge in [0.15, 0.2) is 0 Å². The lowest BCUT2D eigenvalue weighted by atomic mass is 10.0. The van der Waals surface area contributed by atoms with Crippen molar-refractivity contribution in [3.05, 3.63) is 161 Å². The first-order chi connectivity index (χ1) is 20.4. The van der Waals surface area contributed by atoms with Gasteiger partial charge in [-0.15, -0.1) is 0 Å². The lowest BCUT2D eigenvalue weighted by molar-refractivity contribution is 0.0422. The van der Waals surface area contributed by atoms with Crippen LogP contribution < -0.4 is 0 Å². The molecule has 42 heavy (non-hydrogen) atoms. The van der Waals surface area contributed by atoms with Gasteiger partial charge in [-0.2, -0.15) is 0 Å². The third-order valence-electron chi connectivity index (χ3n) is 6.45. The van der Waals surface area contributed by atoms with Gasteiger partial charge in [0.25, 0.3) is 0 Å². The highest BCUT2D eigenvalue weighted by molar-refractivity contribution is 6.05. The van der Waals surface area contributed by atoms with E-state index in [9.17, 15) is 14.4 Å². The Morgan fingerprint density at radius 2 is 0.833 bits per heavy atom. The number of carbonyl (C=O) groups excluding carboxylic acids is 3. The van der Waals surface area contributed by atoms with Crippen LogP contribution in [0.1, 0.15) is 64.5 Å².